The molecule has 228 valence electrons. The number of ether oxygens (including phenoxy) is 2. The third-order valence-corrected chi connectivity index (χ3v) is 7.35. The summed E-state index contributed by atoms with van der Waals surface area (Å²) in [5.41, 5.74) is 4.75. The topological polar surface area (TPSA) is 68.7 Å². The monoisotopic (exact) mass is 585 g/mol. The van der Waals surface area contributed by atoms with E-state index in [0.717, 1.165) is 47.7 Å². The maximum Gasteiger partial charge on any atom is 0.414 e. The summed E-state index contributed by atoms with van der Waals surface area (Å²) in [5.74, 6) is -0.191. The van der Waals surface area contributed by atoms with Crippen LogP contribution >= 0.6 is 0 Å². The second-order valence-electron chi connectivity index (χ2n) is 10.6. The van der Waals surface area contributed by atoms with Crippen LogP contribution in [-0.4, -0.2) is 41.6 Å². The highest BCUT2D eigenvalue weighted by atomic mass is 19.4. The van der Waals surface area contributed by atoms with E-state index in [2.05, 4.69) is 13.0 Å². The van der Waals surface area contributed by atoms with E-state index in [1.807, 2.05) is 54.6 Å². The van der Waals surface area contributed by atoms with Crippen molar-refractivity contribution in [2.24, 2.45) is 0 Å². The van der Waals surface area contributed by atoms with Gasteiger partial charge in [0.25, 0.3) is 0 Å². The average molecular weight is 586 g/mol. The number of unbranched alkanes of at least 4 members (excludes halogenated alkanes) is 3. The van der Waals surface area contributed by atoms with Crippen LogP contribution in [0.5, 0.6) is 5.75 Å². The van der Waals surface area contributed by atoms with Crippen molar-refractivity contribution in [1.82, 2.24) is 4.98 Å². The Kier molecular flexibility index (Phi) is 13.3. The summed E-state index contributed by atoms with van der Waals surface area (Å²) in [6.45, 7) is 3.81. The van der Waals surface area contributed by atoms with Gasteiger partial charge in [-0.2, -0.15) is 13.2 Å². The van der Waals surface area contributed by atoms with Gasteiger partial charge in [0.05, 0.1) is 18.5 Å². The summed E-state index contributed by atoms with van der Waals surface area (Å²) in [6, 6.07) is 20.0. The average Bonchev–Trinajstić information content (AvgIpc) is 2.98. The molecular formula is C34H42F3NO4. The number of carboxylic acid groups (broad SMARTS) is 1. The third-order valence-electron chi connectivity index (χ3n) is 7.35. The van der Waals surface area contributed by atoms with Gasteiger partial charge < -0.3 is 14.6 Å². The Morgan fingerprint density at radius 2 is 1.67 bits per heavy atom. The van der Waals surface area contributed by atoms with Gasteiger partial charge in [-0.1, -0.05) is 68.7 Å². The number of pyridine rings is 1. The second kappa shape index (κ2) is 16.9. The van der Waals surface area contributed by atoms with Crippen molar-refractivity contribution in [1.29, 1.82) is 0 Å². The fourth-order valence-corrected chi connectivity index (χ4v) is 4.90. The van der Waals surface area contributed by atoms with E-state index in [1.165, 1.54) is 12.8 Å². The Labute approximate surface area is 247 Å². The van der Waals surface area contributed by atoms with Crippen LogP contribution in [0.25, 0.3) is 22.4 Å². The number of rotatable bonds is 18. The number of nitrogens with zero attached hydrogens (tertiary/aromatic N) is 1. The molecule has 0 amide bonds. The molecule has 0 fully saturated rings. The third kappa shape index (κ3) is 10.8. The van der Waals surface area contributed by atoms with E-state index >= 15 is 0 Å². The maximum atomic E-state index is 12.9. The van der Waals surface area contributed by atoms with Gasteiger partial charge in [0.1, 0.15) is 5.75 Å². The molecule has 1 aromatic heterocycles. The van der Waals surface area contributed by atoms with Crippen LogP contribution in [0, 0.1) is 0 Å². The van der Waals surface area contributed by atoms with Crippen LogP contribution in [0.3, 0.4) is 0 Å². The summed E-state index contributed by atoms with van der Waals surface area (Å²) in [4.78, 5) is 15.9. The first-order chi connectivity index (χ1) is 20.2. The van der Waals surface area contributed by atoms with Crippen LogP contribution in [0.4, 0.5) is 13.2 Å². The molecule has 0 radical (unpaired) electrons. The molecule has 0 bridgehead atoms. The Hall–Kier alpha value is -3.39. The lowest BCUT2D eigenvalue weighted by atomic mass is 9.86. The van der Waals surface area contributed by atoms with E-state index in [0.29, 0.717) is 38.0 Å². The number of hydrogen-bond acceptors (Lipinski definition) is 4. The fraction of sp³-hybridized carbons (Fsp3) is 0.471. The number of alkyl halides is 3. The van der Waals surface area contributed by atoms with Gasteiger partial charge in [-0.25, -0.2) is 0 Å². The maximum absolute atomic E-state index is 12.9. The number of carbonyl (C=O) groups is 1. The van der Waals surface area contributed by atoms with Crippen molar-refractivity contribution >= 4 is 5.97 Å². The van der Waals surface area contributed by atoms with E-state index in [9.17, 15) is 23.1 Å². The highest BCUT2D eigenvalue weighted by Gasteiger charge is 2.36. The zero-order chi connectivity index (χ0) is 30.4. The van der Waals surface area contributed by atoms with Gasteiger partial charge >= 0.3 is 12.1 Å². The molecule has 0 aliphatic rings. The Balaban J connectivity index is 1.85. The van der Waals surface area contributed by atoms with E-state index in [4.69, 9.17) is 14.5 Å². The van der Waals surface area contributed by atoms with E-state index in [1.54, 1.807) is 6.20 Å². The zero-order valence-electron chi connectivity index (χ0n) is 24.5. The summed E-state index contributed by atoms with van der Waals surface area (Å²) >= 11 is 0. The molecular weight excluding hydrogens is 543 g/mol. The molecule has 2 aromatic carbocycles. The molecule has 1 heterocycles. The Morgan fingerprint density at radius 1 is 0.905 bits per heavy atom. The summed E-state index contributed by atoms with van der Waals surface area (Å²) < 4.78 is 49.5. The minimum atomic E-state index is -4.40. The van der Waals surface area contributed by atoms with Crippen molar-refractivity contribution in [3.8, 4) is 28.1 Å². The molecule has 1 N–H and O–H groups in total. The van der Waals surface area contributed by atoms with Crippen molar-refractivity contribution in [2.75, 3.05) is 13.2 Å². The van der Waals surface area contributed by atoms with Gasteiger partial charge in [0.15, 0.2) is 6.10 Å². The van der Waals surface area contributed by atoms with Crippen LogP contribution < -0.4 is 4.74 Å². The predicted molar refractivity (Wildman–Crippen MR) is 160 cm³/mol. The smallest absolute Gasteiger partial charge is 0.414 e. The zero-order valence-corrected chi connectivity index (χ0v) is 24.5. The Bertz CT molecular complexity index is 1220. The molecule has 8 heteroatoms. The van der Waals surface area contributed by atoms with E-state index < -0.39 is 18.2 Å². The number of hydrogen-bond donors (Lipinski definition) is 1. The molecule has 2 atom stereocenters. The van der Waals surface area contributed by atoms with Gasteiger partial charge in [-0.05, 0) is 79.8 Å². The Morgan fingerprint density at radius 3 is 2.33 bits per heavy atom. The minimum absolute atomic E-state index is 0.0213. The van der Waals surface area contributed by atoms with E-state index in [-0.39, 0.29) is 18.9 Å². The van der Waals surface area contributed by atoms with Gasteiger partial charge in [0, 0.05) is 18.6 Å². The number of carboxylic acids is 1. The molecule has 0 saturated carbocycles. The normalized spacial score (nSPS) is 13.1. The van der Waals surface area contributed by atoms with Crippen molar-refractivity contribution < 1.29 is 32.5 Å². The highest BCUT2D eigenvalue weighted by molar-refractivity contribution is 5.82. The molecule has 42 heavy (non-hydrogen) atoms. The first-order valence-electron chi connectivity index (χ1n) is 14.9. The second-order valence-corrected chi connectivity index (χ2v) is 10.6. The lowest BCUT2D eigenvalue weighted by Crippen LogP contribution is -2.28. The molecule has 5 nitrogen and oxygen atoms in total. The molecule has 0 spiro atoms. The number of aromatic nitrogens is 1. The standard InChI is InChI=1S/C34H42F3NO4/c1-3-4-5-9-21-42-29-18-20-32(38-24-29)31-23-28(17-19-30(31)27-12-7-6-8-13-27)26(14-10-16-33(39)40)15-11-22-41-25(2)34(35,36)37/h6-8,12-13,17-20,23-26H,3-5,9-11,14-16,21-22H2,1-2H3,(H,39,40). The SMILES string of the molecule is CCCCCCOc1ccc(-c2cc(C(CCCOC(C)C(F)(F)F)CCCC(=O)O)ccc2-c2ccccc2)nc1. The van der Waals surface area contributed by atoms with Crippen molar-refractivity contribution in [3.05, 3.63) is 72.4 Å². The molecule has 0 aliphatic carbocycles. The van der Waals surface area contributed by atoms with Crippen LogP contribution in [0.1, 0.15) is 83.1 Å². The van der Waals surface area contributed by atoms with Crippen molar-refractivity contribution in [3.63, 3.8) is 0 Å². The minimum Gasteiger partial charge on any atom is -0.492 e. The van der Waals surface area contributed by atoms with Gasteiger partial charge in [-0.3, -0.25) is 9.78 Å². The van der Waals surface area contributed by atoms with Gasteiger partial charge in [-0.15, -0.1) is 0 Å². The summed E-state index contributed by atoms with van der Waals surface area (Å²) in [7, 11) is 0. The molecule has 2 unspecified atom stereocenters. The quantitative estimate of drug-likeness (QED) is 0.151. The van der Waals surface area contributed by atoms with Crippen LogP contribution in [-0.2, 0) is 9.53 Å². The molecule has 0 aliphatic heterocycles. The highest BCUT2D eigenvalue weighted by Crippen LogP contribution is 2.37. The molecule has 3 aromatic rings. The molecule has 3 rings (SSSR count). The number of halogens is 3. The first-order valence-corrected chi connectivity index (χ1v) is 14.9. The number of aliphatic carboxylic acids is 1. The predicted octanol–water partition coefficient (Wildman–Crippen LogP) is 9.46. The lowest BCUT2D eigenvalue weighted by Gasteiger charge is -2.21. The summed E-state index contributed by atoms with van der Waals surface area (Å²) in [5, 5.41) is 9.17. The van der Waals surface area contributed by atoms with Gasteiger partial charge in [0.2, 0.25) is 0 Å². The lowest BCUT2D eigenvalue weighted by molar-refractivity contribution is -0.214. The summed E-state index contributed by atoms with van der Waals surface area (Å²) in [6.07, 6.45) is 2.12. The molecule has 0 saturated heterocycles. The fourth-order valence-electron chi connectivity index (χ4n) is 4.90. The van der Waals surface area contributed by atoms with Crippen LogP contribution in [0.15, 0.2) is 66.9 Å². The van der Waals surface area contributed by atoms with Crippen molar-refractivity contribution in [2.45, 2.75) is 89.8 Å². The largest absolute Gasteiger partial charge is 0.492 e. The van der Waals surface area contributed by atoms with Crippen LogP contribution in [0.2, 0.25) is 0 Å². The first kappa shape index (κ1) is 33.1. The number of benzene rings is 2.